The Bertz CT molecular complexity index is 776. The number of ether oxygens (including phenoxy) is 5. The van der Waals surface area contributed by atoms with Gasteiger partial charge >= 0.3 is 24.1 Å². The van der Waals surface area contributed by atoms with Crippen LogP contribution in [0.15, 0.2) is 18.2 Å². The molecule has 1 aromatic carbocycles. The average molecular weight is 425 g/mol. The highest BCUT2D eigenvalue weighted by Crippen LogP contribution is 2.29. The largest absolute Gasteiger partial charge is 0.508 e. The third kappa shape index (κ3) is 9.37. The van der Waals surface area contributed by atoms with Gasteiger partial charge in [-0.25, -0.2) is 4.79 Å². The summed E-state index contributed by atoms with van der Waals surface area (Å²) >= 11 is 0. The average Bonchev–Trinajstić information content (AvgIpc) is 2.60. The van der Waals surface area contributed by atoms with Crippen LogP contribution >= 0.6 is 0 Å². The molecule has 166 valence electrons. The third-order valence-electron chi connectivity index (χ3n) is 3.36. The summed E-state index contributed by atoms with van der Waals surface area (Å²) in [6.45, 7) is 7.13. The van der Waals surface area contributed by atoms with E-state index in [1.54, 1.807) is 26.8 Å². The lowest BCUT2D eigenvalue weighted by Crippen LogP contribution is -2.37. The van der Waals surface area contributed by atoms with Crippen molar-refractivity contribution in [3.63, 3.8) is 0 Å². The fourth-order valence-corrected chi connectivity index (χ4v) is 2.22. The Kier molecular flexibility index (Phi) is 9.76. The van der Waals surface area contributed by atoms with E-state index in [1.807, 2.05) is 0 Å². The normalized spacial score (nSPS) is 12.5. The lowest BCUT2D eigenvalue weighted by molar-refractivity contribution is -0.152. The summed E-state index contributed by atoms with van der Waals surface area (Å²) < 4.78 is 24.8. The van der Waals surface area contributed by atoms with Crippen LogP contribution in [0.2, 0.25) is 0 Å². The fourth-order valence-electron chi connectivity index (χ4n) is 2.22. The zero-order valence-electron chi connectivity index (χ0n) is 17.6. The Morgan fingerprint density at radius 2 is 1.53 bits per heavy atom. The predicted molar refractivity (Wildman–Crippen MR) is 104 cm³/mol. The molecule has 0 heterocycles. The van der Waals surface area contributed by atoms with Crippen molar-refractivity contribution in [3.05, 3.63) is 23.8 Å². The van der Waals surface area contributed by atoms with Gasteiger partial charge < -0.3 is 29.4 Å². The second-order valence-electron chi connectivity index (χ2n) is 6.75. The van der Waals surface area contributed by atoms with E-state index in [2.05, 4.69) is 0 Å². The summed E-state index contributed by atoms with van der Waals surface area (Å²) in [5, 5.41) is 0. The minimum absolute atomic E-state index is 0.0289. The zero-order valence-corrected chi connectivity index (χ0v) is 17.6. The van der Waals surface area contributed by atoms with Crippen LogP contribution in [-0.2, 0) is 35.0 Å². The molecule has 2 N–H and O–H groups in total. The van der Waals surface area contributed by atoms with Gasteiger partial charge in [-0.3, -0.25) is 14.4 Å². The van der Waals surface area contributed by atoms with Crippen molar-refractivity contribution in [2.75, 3.05) is 6.61 Å². The van der Waals surface area contributed by atoms with Crippen molar-refractivity contribution in [2.24, 2.45) is 5.73 Å². The Balaban J connectivity index is 2.68. The van der Waals surface area contributed by atoms with Gasteiger partial charge in [0.1, 0.15) is 18.8 Å². The number of benzene rings is 1. The van der Waals surface area contributed by atoms with Crippen LogP contribution in [-0.4, -0.2) is 48.9 Å². The number of hydrogen-bond acceptors (Lipinski definition) is 10. The summed E-state index contributed by atoms with van der Waals surface area (Å²) in [6, 6.07) is 3.43. The highest BCUT2D eigenvalue weighted by molar-refractivity contribution is 5.76. The smallest absolute Gasteiger partial charge is 0.458 e. The van der Waals surface area contributed by atoms with Gasteiger partial charge in [0.05, 0.1) is 6.10 Å². The van der Waals surface area contributed by atoms with Gasteiger partial charge in [0.25, 0.3) is 0 Å². The van der Waals surface area contributed by atoms with E-state index in [4.69, 9.17) is 29.4 Å². The molecule has 10 heteroatoms. The number of esters is 3. The Hall–Kier alpha value is -3.14. The monoisotopic (exact) mass is 425 g/mol. The molecule has 30 heavy (non-hydrogen) atoms. The molecule has 0 aliphatic heterocycles. The molecule has 1 aromatic rings. The van der Waals surface area contributed by atoms with Gasteiger partial charge in [-0.1, -0.05) is 6.07 Å². The van der Waals surface area contributed by atoms with Crippen molar-refractivity contribution < 1.29 is 42.9 Å². The summed E-state index contributed by atoms with van der Waals surface area (Å²) in [6.07, 6.45) is -1.85. The number of nitrogens with two attached hydrogens (primary N) is 1. The molecule has 0 aliphatic carbocycles. The second-order valence-corrected chi connectivity index (χ2v) is 6.75. The highest BCUT2D eigenvalue weighted by atomic mass is 16.7. The van der Waals surface area contributed by atoms with Crippen molar-refractivity contribution in [1.82, 2.24) is 0 Å². The minimum Gasteiger partial charge on any atom is -0.458 e. The molecule has 0 radical (unpaired) electrons. The van der Waals surface area contributed by atoms with E-state index in [-0.39, 0.29) is 30.6 Å². The van der Waals surface area contributed by atoms with Crippen LogP contribution in [0.3, 0.4) is 0 Å². The molecule has 0 spiro atoms. The predicted octanol–water partition coefficient (Wildman–Crippen LogP) is 1.90. The molecule has 0 bridgehead atoms. The highest BCUT2D eigenvalue weighted by Gasteiger charge is 2.21. The van der Waals surface area contributed by atoms with E-state index < -0.39 is 36.2 Å². The molecule has 0 fully saturated rings. The first-order valence-corrected chi connectivity index (χ1v) is 9.27. The van der Waals surface area contributed by atoms with Crippen LogP contribution < -0.4 is 15.2 Å². The molecule has 2 atom stereocenters. The third-order valence-corrected chi connectivity index (χ3v) is 3.36. The van der Waals surface area contributed by atoms with Gasteiger partial charge in [-0.05, 0) is 44.9 Å². The van der Waals surface area contributed by atoms with Crippen LogP contribution in [0.5, 0.6) is 11.5 Å². The molecular weight excluding hydrogens is 398 g/mol. The summed E-state index contributed by atoms with van der Waals surface area (Å²) in [5.41, 5.74) is 6.44. The lowest BCUT2D eigenvalue weighted by atomic mass is 10.1. The molecule has 0 aliphatic rings. The summed E-state index contributed by atoms with van der Waals surface area (Å²) in [5.74, 6) is -1.79. The maximum Gasteiger partial charge on any atom is 0.508 e. The number of rotatable bonds is 9. The van der Waals surface area contributed by atoms with E-state index in [1.165, 1.54) is 26.0 Å². The van der Waals surface area contributed by atoms with Gasteiger partial charge in [0.2, 0.25) is 0 Å². The quantitative estimate of drug-likeness (QED) is 0.460. The molecule has 1 rings (SSSR count). The molecular formula is C20H27NO9. The SMILES string of the molecule is CC(=O)Oc1ccc(C[C@H](N)C(=O)O[C@@H](C)COC(=O)OC(C)C)cc1OC(C)=O. The standard InChI is InChI=1S/C20H27NO9/c1-11(2)27-20(25)26-10-12(3)28-19(24)16(21)8-15-6-7-17(29-13(4)22)18(9-15)30-14(5)23/h6-7,9,11-12,16H,8,10,21H2,1-5H3/t12-,16-/m0/s1. The van der Waals surface area contributed by atoms with Crippen LogP contribution in [0.4, 0.5) is 4.79 Å². The van der Waals surface area contributed by atoms with E-state index in [0.717, 1.165) is 0 Å². The second kappa shape index (κ2) is 11.8. The van der Waals surface area contributed by atoms with Gasteiger partial charge in [-0.2, -0.15) is 0 Å². The Morgan fingerprint density at radius 1 is 0.933 bits per heavy atom. The maximum absolute atomic E-state index is 12.2. The van der Waals surface area contributed by atoms with Crippen molar-refractivity contribution in [3.8, 4) is 11.5 Å². The van der Waals surface area contributed by atoms with E-state index in [0.29, 0.717) is 5.56 Å². The fraction of sp³-hybridized carbons (Fsp3) is 0.500. The number of carbonyl (C=O) groups is 4. The van der Waals surface area contributed by atoms with Gasteiger partial charge in [-0.15, -0.1) is 0 Å². The Morgan fingerprint density at radius 3 is 2.10 bits per heavy atom. The summed E-state index contributed by atoms with van der Waals surface area (Å²) in [4.78, 5) is 46.0. The molecule has 0 unspecified atom stereocenters. The van der Waals surface area contributed by atoms with Crippen LogP contribution in [0.25, 0.3) is 0 Å². The van der Waals surface area contributed by atoms with Gasteiger partial charge in [0.15, 0.2) is 11.5 Å². The first-order valence-electron chi connectivity index (χ1n) is 9.27. The van der Waals surface area contributed by atoms with Crippen LogP contribution in [0, 0.1) is 0 Å². The lowest BCUT2D eigenvalue weighted by Gasteiger charge is -2.17. The van der Waals surface area contributed by atoms with E-state index >= 15 is 0 Å². The Labute approximate surface area is 174 Å². The van der Waals surface area contributed by atoms with Crippen LogP contribution in [0.1, 0.15) is 40.2 Å². The molecule has 0 aromatic heterocycles. The first-order chi connectivity index (χ1) is 14.0. The minimum atomic E-state index is -1.03. The van der Waals surface area contributed by atoms with Crippen molar-refractivity contribution in [2.45, 2.75) is 59.3 Å². The molecule has 0 saturated carbocycles. The molecule has 0 amide bonds. The zero-order chi connectivity index (χ0) is 22.8. The van der Waals surface area contributed by atoms with Gasteiger partial charge in [0, 0.05) is 13.8 Å². The molecule has 0 saturated heterocycles. The van der Waals surface area contributed by atoms with E-state index in [9.17, 15) is 19.2 Å². The van der Waals surface area contributed by atoms with Crippen molar-refractivity contribution >= 4 is 24.1 Å². The number of carbonyl (C=O) groups excluding carboxylic acids is 4. The first kappa shape index (κ1) is 24.9. The maximum atomic E-state index is 12.2. The number of hydrogen-bond donors (Lipinski definition) is 1. The summed E-state index contributed by atoms with van der Waals surface area (Å²) in [7, 11) is 0. The topological polar surface area (TPSA) is 140 Å². The van der Waals surface area contributed by atoms with Crippen molar-refractivity contribution in [1.29, 1.82) is 0 Å². The molecule has 10 nitrogen and oxygen atoms in total.